The summed E-state index contributed by atoms with van der Waals surface area (Å²) in [4.78, 5) is 16.2. The Bertz CT molecular complexity index is 652. The molecule has 1 aromatic carbocycles. The molecule has 4 nitrogen and oxygen atoms in total. The zero-order chi connectivity index (χ0) is 14.0. The van der Waals surface area contributed by atoms with Gasteiger partial charge in [-0.05, 0) is 25.5 Å². The molecule has 1 atom stereocenters. The van der Waals surface area contributed by atoms with Crippen molar-refractivity contribution in [2.45, 2.75) is 26.5 Å². The minimum absolute atomic E-state index is 0.112. The van der Waals surface area contributed by atoms with E-state index in [-0.39, 0.29) is 12.1 Å². The van der Waals surface area contributed by atoms with Crippen LogP contribution in [0.2, 0.25) is 0 Å². The van der Waals surface area contributed by atoms with Gasteiger partial charge in [0.1, 0.15) is 0 Å². The number of aliphatic hydroxyl groups excluding tert-OH is 1. The first-order valence-corrected chi connectivity index (χ1v) is 6.75. The van der Waals surface area contributed by atoms with E-state index in [2.05, 4.69) is 20.9 Å². The van der Waals surface area contributed by atoms with Gasteiger partial charge in [0.05, 0.1) is 19.0 Å². The van der Waals surface area contributed by atoms with Crippen molar-refractivity contribution in [2.75, 3.05) is 0 Å². The van der Waals surface area contributed by atoms with E-state index in [1.807, 2.05) is 24.3 Å². The Balaban J connectivity index is 2.30. The van der Waals surface area contributed by atoms with Crippen LogP contribution >= 0.6 is 15.9 Å². The Kier molecular flexibility index (Phi) is 4.17. The fraction of sp³-hybridized carbons (Fsp3) is 0.286. The molecule has 100 valence electrons. The third kappa shape index (κ3) is 2.93. The van der Waals surface area contributed by atoms with Crippen molar-refractivity contribution >= 4 is 15.9 Å². The van der Waals surface area contributed by atoms with Crippen LogP contribution in [0.3, 0.4) is 0 Å². The monoisotopic (exact) mass is 322 g/mol. The molecule has 0 aliphatic heterocycles. The van der Waals surface area contributed by atoms with Crippen LogP contribution in [-0.2, 0) is 6.54 Å². The topological polar surface area (TPSA) is 55.1 Å². The molecule has 0 saturated heterocycles. The molecule has 1 heterocycles. The van der Waals surface area contributed by atoms with Crippen LogP contribution in [0.1, 0.15) is 22.9 Å². The number of benzene rings is 1. The molecular formula is C14H15BrN2O2. The van der Waals surface area contributed by atoms with Crippen molar-refractivity contribution < 1.29 is 5.11 Å². The fourth-order valence-corrected chi connectivity index (χ4v) is 2.38. The first kappa shape index (κ1) is 14.0. The molecule has 0 amide bonds. The Morgan fingerprint density at radius 2 is 2.05 bits per heavy atom. The third-order valence-electron chi connectivity index (χ3n) is 3.15. The normalized spacial score (nSPS) is 12.4. The molecule has 19 heavy (non-hydrogen) atoms. The Morgan fingerprint density at radius 1 is 1.37 bits per heavy atom. The fourth-order valence-electron chi connectivity index (χ4n) is 1.84. The summed E-state index contributed by atoms with van der Waals surface area (Å²) in [5.74, 6) is 0. The minimum Gasteiger partial charge on any atom is -0.386 e. The molecule has 0 bridgehead atoms. The maximum Gasteiger partial charge on any atom is 0.256 e. The van der Waals surface area contributed by atoms with E-state index in [1.165, 1.54) is 10.9 Å². The van der Waals surface area contributed by atoms with Crippen molar-refractivity contribution in [1.82, 2.24) is 9.55 Å². The van der Waals surface area contributed by atoms with Crippen LogP contribution in [0.15, 0.2) is 39.9 Å². The second-order valence-corrected chi connectivity index (χ2v) is 5.30. The summed E-state index contributed by atoms with van der Waals surface area (Å²) in [6.07, 6.45) is 0.724. The van der Waals surface area contributed by atoms with Gasteiger partial charge in [-0.25, -0.2) is 4.98 Å². The van der Waals surface area contributed by atoms with Crippen molar-refractivity contribution in [1.29, 1.82) is 0 Å². The molecule has 0 saturated carbocycles. The predicted octanol–water partition coefficient (Wildman–Crippen LogP) is 2.36. The average Bonchev–Trinajstić information content (AvgIpc) is 2.40. The number of nitrogens with zero attached hydrogens (tertiary/aromatic N) is 2. The smallest absolute Gasteiger partial charge is 0.256 e. The van der Waals surface area contributed by atoms with Crippen LogP contribution in [0, 0.1) is 13.8 Å². The van der Waals surface area contributed by atoms with Crippen molar-refractivity contribution in [2.24, 2.45) is 0 Å². The Labute approximate surface area is 119 Å². The summed E-state index contributed by atoms with van der Waals surface area (Å²) in [6.45, 7) is 3.73. The van der Waals surface area contributed by atoms with Crippen molar-refractivity contribution in [3.05, 3.63) is 62.2 Å². The first-order valence-electron chi connectivity index (χ1n) is 5.96. The molecule has 1 aromatic heterocycles. The maximum atomic E-state index is 12.0. The van der Waals surface area contributed by atoms with Gasteiger partial charge in [0, 0.05) is 15.7 Å². The summed E-state index contributed by atoms with van der Waals surface area (Å²) in [5, 5.41) is 10.2. The minimum atomic E-state index is -0.753. The number of rotatable bonds is 3. The van der Waals surface area contributed by atoms with Gasteiger partial charge >= 0.3 is 0 Å². The summed E-state index contributed by atoms with van der Waals surface area (Å²) in [6, 6.07) is 7.42. The summed E-state index contributed by atoms with van der Waals surface area (Å²) in [5.41, 5.74) is 1.98. The Morgan fingerprint density at radius 3 is 2.74 bits per heavy atom. The van der Waals surface area contributed by atoms with Crippen molar-refractivity contribution in [3.63, 3.8) is 0 Å². The first-order chi connectivity index (χ1) is 9.00. The molecule has 0 aliphatic rings. The van der Waals surface area contributed by atoms with Gasteiger partial charge in [0.15, 0.2) is 0 Å². The quantitative estimate of drug-likeness (QED) is 0.943. The number of hydrogen-bond acceptors (Lipinski definition) is 3. The summed E-state index contributed by atoms with van der Waals surface area (Å²) in [7, 11) is 0. The molecule has 0 aliphatic carbocycles. The number of aromatic nitrogens is 2. The maximum absolute atomic E-state index is 12.0. The van der Waals surface area contributed by atoms with Crippen molar-refractivity contribution in [3.8, 4) is 0 Å². The second kappa shape index (κ2) is 5.67. The number of halogens is 1. The van der Waals surface area contributed by atoms with Gasteiger partial charge in [0.2, 0.25) is 0 Å². The largest absolute Gasteiger partial charge is 0.386 e. The van der Waals surface area contributed by atoms with Crippen LogP contribution in [-0.4, -0.2) is 14.7 Å². The Hall–Kier alpha value is -1.46. The standard InChI is InChI=1S/C14H15BrN2O2/c1-9-10(2)16-8-17(14(9)19)7-13(18)11-5-3-4-6-12(11)15/h3-6,8,13,18H,7H2,1-2H3/t13-/m0/s1. The van der Waals surface area contributed by atoms with Crippen LogP contribution in [0.4, 0.5) is 0 Å². The highest BCUT2D eigenvalue weighted by Gasteiger charge is 2.13. The second-order valence-electron chi connectivity index (χ2n) is 4.45. The lowest BCUT2D eigenvalue weighted by Gasteiger charge is -2.15. The highest BCUT2D eigenvalue weighted by Crippen LogP contribution is 2.23. The van der Waals surface area contributed by atoms with Gasteiger partial charge in [-0.2, -0.15) is 0 Å². The lowest BCUT2D eigenvalue weighted by molar-refractivity contribution is 0.153. The van der Waals surface area contributed by atoms with E-state index >= 15 is 0 Å². The van der Waals surface area contributed by atoms with E-state index in [1.54, 1.807) is 13.8 Å². The molecule has 1 N–H and O–H groups in total. The van der Waals surface area contributed by atoms with Gasteiger partial charge < -0.3 is 5.11 Å². The van der Waals surface area contributed by atoms with Crippen LogP contribution in [0.5, 0.6) is 0 Å². The molecule has 0 radical (unpaired) electrons. The SMILES string of the molecule is Cc1ncn(C[C@H](O)c2ccccc2Br)c(=O)c1C. The number of aliphatic hydroxyl groups is 1. The van der Waals surface area contributed by atoms with Crippen LogP contribution < -0.4 is 5.56 Å². The molecule has 0 spiro atoms. The van der Waals surface area contributed by atoms with E-state index in [0.29, 0.717) is 5.56 Å². The number of aryl methyl sites for hydroxylation is 1. The van der Waals surface area contributed by atoms with E-state index in [0.717, 1.165) is 15.7 Å². The molecule has 2 rings (SSSR count). The third-order valence-corrected chi connectivity index (χ3v) is 3.87. The predicted molar refractivity (Wildman–Crippen MR) is 77.1 cm³/mol. The molecule has 0 unspecified atom stereocenters. The molecule has 0 fully saturated rings. The van der Waals surface area contributed by atoms with Gasteiger partial charge in [-0.15, -0.1) is 0 Å². The lowest BCUT2D eigenvalue weighted by Crippen LogP contribution is -2.26. The van der Waals surface area contributed by atoms with Gasteiger partial charge in [-0.1, -0.05) is 34.1 Å². The molecular weight excluding hydrogens is 308 g/mol. The molecule has 2 aromatic rings. The molecule has 5 heteroatoms. The van der Waals surface area contributed by atoms with Gasteiger partial charge in [-0.3, -0.25) is 9.36 Å². The summed E-state index contributed by atoms with van der Waals surface area (Å²) >= 11 is 3.39. The van der Waals surface area contributed by atoms with Gasteiger partial charge in [0.25, 0.3) is 5.56 Å². The average molecular weight is 323 g/mol. The number of hydrogen-bond donors (Lipinski definition) is 1. The van der Waals surface area contributed by atoms with E-state index < -0.39 is 6.10 Å². The highest BCUT2D eigenvalue weighted by atomic mass is 79.9. The van der Waals surface area contributed by atoms with E-state index in [4.69, 9.17) is 0 Å². The summed E-state index contributed by atoms with van der Waals surface area (Å²) < 4.78 is 2.26. The highest BCUT2D eigenvalue weighted by molar-refractivity contribution is 9.10. The van der Waals surface area contributed by atoms with Crippen LogP contribution in [0.25, 0.3) is 0 Å². The zero-order valence-corrected chi connectivity index (χ0v) is 12.4. The lowest BCUT2D eigenvalue weighted by atomic mass is 10.1. The van der Waals surface area contributed by atoms with E-state index in [9.17, 15) is 9.90 Å². The zero-order valence-electron chi connectivity index (χ0n) is 10.8.